The predicted octanol–water partition coefficient (Wildman–Crippen LogP) is 1.00. The summed E-state index contributed by atoms with van der Waals surface area (Å²) in [6, 6.07) is 8.92. The summed E-state index contributed by atoms with van der Waals surface area (Å²) in [6.45, 7) is 3.29. The Morgan fingerprint density at radius 3 is 2.93 bits per heavy atom. The topological polar surface area (TPSA) is 134 Å². The molecule has 1 amide bonds. The van der Waals surface area contributed by atoms with Crippen LogP contribution in [0.3, 0.4) is 0 Å². The van der Waals surface area contributed by atoms with Gasteiger partial charge in [0.05, 0.1) is 6.61 Å². The van der Waals surface area contributed by atoms with Crippen LogP contribution in [0.4, 0.5) is 5.82 Å². The van der Waals surface area contributed by atoms with E-state index < -0.39 is 17.3 Å². The Bertz CT molecular complexity index is 1080. The maximum Gasteiger partial charge on any atom is 0.326 e. The van der Waals surface area contributed by atoms with Crippen molar-refractivity contribution in [2.24, 2.45) is 5.73 Å². The fraction of sp³-hybridized carbons (Fsp3) is 0.263. The van der Waals surface area contributed by atoms with Crippen molar-refractivity contribution >= 4 is 17.7 Å². The fourth-order valence-corrected chi connectivity index (χ4v) is 3.92. The van der Waals surface area contributed by atoms with Gasteiger partial charge in [0.2, 0.25) is 11.8 Å². The smallest absolute Gasteiger partial charge is 0.326 e. The minimum Gasteiger partial charge on any atom is -0.465 e. The Kier molecular flexibility index (Phi) is 3.85. The van der Waals surface area contributed by atoms with Gasteiger partial charge in [0.1, 0.15) is 29.4 Å². The molecule has 1 aromatic carbocycles. The summed E-state index contributed by atoms with van der Waals surface area (Å²) in [7, 11) is 0. The van der Waals surface area contributed by atoms with Gasteiger partial charge in [0.25, 0.3) is 0 Å². The summed E-state index contributed by atoms with van der Waals surface area (Å²) in [4.78, 5) is 27.1. The highest BCUT2D eigenvalue weighted by Crippen LogP contribution is 2.55. The standard InChI is InChI=1S/C19H17N5O4/c1-3-27-14(25)9-24-17-15(10(2)22-23-17)19(18(24)26)11-6-4-5-7-13(11)28-16(21)12(19)8-20/h4-7H,3,9,21H2,1-2H3,(H,22,23)/t19-/m1/s1. The third-order valence-corrected chi connectivity index (χ3v) is 4.96. The Labute approximate surface area is 160 Å². The van der Waals surface area contributed by atoms with E-state index in [1.54, 1.807) is 38.1 Å². The number of rotatable bonds is 3. The molecule has 3 heterocycles. The molecule has 0 aliphatic carbocycles. The zero-order chi connectivity index (χ0) is 20.1. The molecule has 1 aromatic heterocycles. The number of nitrogens with two attached hydrogens (primary N) is 1. The quantitative estimate of drug-likeness (QED) is 0.760. The summed E-state index contributed by atoms with van der Waals surface area (Å²) in [5, 5.41) is 16.9. The number of aromatic nitrogens is 2. The zero-order valence-electron chi connectivity index (χ0n) is 15.3. The summed E-state index contributed by atoms with van der Waals surface area (Å²) < 4.78 is 10.6. The largest absolute Gasteiger partial charge is 0.465 e. The predicted molar refractivity (Wildman–Crippen MR) is 97.0 cm³/mol. The summed E-state index contributed by atoms with van der Waals surface area (Å²) in [5.41, 5.74) is 6.01. The average Bonchev–Trinajstić information content (AvgIpc) is 3.15. The number of nitrogens with one attached hydrogen (secondary N) is 1. The number of anilines is 1. The highest BCUT2D eigenvalue weighted by molar-refractivity contribution is 6.15. The molecule has 0 radical (unpaired) electrons. The molecule has 28 heavy (non-hydrogen) atoms. The minimum atomic E-state index is -1.54. The van der Waals surface area contributed by atoms with Crippen LogP contribution in [-0.2, 0) is 19.7 Å². The van der Waals surface area contributed by atoms with Gasteiger partial charge in [0, 0.05) is 16.8 Å². The van der Waals surface area contributed by atoms with Crippen LogP contribution in [0.25, 0.3) is 0 Å². The number of nitriles is 1. The van der Waals surface area contributed by atoms with Crippen LogP contribution in [0.5, 0.6) is 5.75 Å². The molecule has 2 aromatic rings. The Morgan fingerprint density at radius 1 is 1.46 bits per heavy atom. The molecule has 9 heteroatoms. The van der Waals surface area contributed by atoms with E-state index in [9.17, 15) is 14.9 Å². The number of hydrogen-bond donors (Lipinski definition) is 2. The molecule has 0 bridgehead atoms. The number of carbonyl (C=O) groups is 2. The number of esters is 1. The number of aromatic amines is 1. The van der Waals surface area contributed by atoms with E-state index in [4.69, 9.17) is 15.2 Å². The Morgan fingerprint density at radius 2 is 2.21 bits per heavy atom. The van der Waals surface area contributed by atoms with E-state index in [0.717, 1.165) is 0 Å². The minimum absolute atomic E-state index is 0.0340. The van der Waals surface area contributed by atoms with Crippen LogP contribution in [-0.4, -0.2) is 35.2 Å². The zero-order valence-corrected chi connectivity index (χ0v) is 15.3. The van der Waals surface area contributed by atoms with Crippen LogP contribution < -0.4 is 15.4 Å². The van der Waals surface area contributed by atoms with E-state index in [0.29, 0.717) is 22.6 Å². The van der Waals surface area contributed by atoms with Crippen LogP contribution >= 0.6 is 0 Å². The van der Waals surface area contributed by atoms with Crippen molar-refractivity contribution < 1.29 is 19.1 Å². The van der Waals surface area contributed by atoms with Crippen LogP contribution in [0.2, 0.25) is 0 Å². The van der Waals surface area contributed by atoms with Crippen molar-refractivity contribution in [3.63, 3.8) is 0 Å². The number of amides is 1. The highest BCUT2D eigenvalue weighted by atomic mass is 16.5. The molecule has 0 unspecified atom stereocenters. The molecule has 1 spiro atoms. The number of hydrogen-bond acceptors (Lipinski definition) is 7. The van der Waals surface area contributed by atoms with Crippen LogP contribution in [0, 0.1) is 18.3 Å². The monoisotopic (exact) mass is 379 g/mol. The second-order valence-electron chi connectivity index (χ2n) is 6.44. The van der Waals surface area contributed by atoms with E-state index >= 15 is 0 Å². The number of fused-ring (bicyclic) bond motifs is 4. The molecule has 2 aliphatic heterocycles. The van der Waals surface area contributed by atoms with E-state index in [1.807, 2.05) is 6.07 Å². The van der Waals surface area contributed by atoms with Crippen molar-refractivity contribution in [1.29, 1.82) is 5.26 Å². The van der Waals surface area contributed by atoms with Crippen molar-refractivity contribution in [3.8, 4) is 11.8 Å². The summed E-state index contributed by atoms with van der Waals surface area (Å²) in [6.07, 6.45) is 0. The molecule has 2 aliphatic rings. The van der Waals surface area contributed by atoms with E-state index in [1.165, 1.54) is 4.90 Å². The Balaban J connectivity index is 2.01. The number of H-pyrrole nitrogens is 1. The molecular weight excluding hydrogens is 362 g/mol. The summed E-state index contributed by atoms with van der Waals surface area (Å²) in [5.74, 6) is -0.579. The lowest BCUT2D eigenvalue weighted by molar-refractivity contribution is -0.142. The number of ether oxygens (including phenoxy) is 2. The van der Waals surface area contributed by atoms with E-state index in [-0.39, 0.29) is 30.4 Å². The highest BCUT2D eigenvalue weighted by Gasteiger charge is 2.61. The van der Waals surface area contributed by atoms with Crippen LogP contribution in [0.15, 0.2) is 35.7 Å². The molecule has 0 fully saturated rings. The van der Waals surface area contributed by atoms with Gasteiger partial charge in [-0.1, -0.05) is 18.2 Å². The Hall–Kier alpha value is -3.80. The maximum absolute atomic E-state index is 13.7. The molecule has 0 saturated carbocycles. The average molecular weight is 379 g/mol. The van der Waals surface area contributed by atoms with Gasteiger partial charge in [-0.15, -0.1) is 0 Å². The van der Waals surface area contributed by atoms with Gasteiger partial charge in [-0.25, -0.2) is 0 Å². The number of carbonyl (C=O) groups excluding carboxylic acids is 2. The second-order valence-corrected chi connectivity index (χ2v) is 6.44. The molecule has 142 valence electrons. The molecule has 3 N–H and O–H groups in total. The van der Waals surface area contributed by atoms with Gasteiger partial charge in [-0.3, -0.25) is 19.6 Å². The lowest BCUT2D eigenvalue weighted by atomic mass is 9.69. The van der Waals surface area contributed by atoms with Gasteiger partial charge >= 0.3 is 5.97 Å². The maximum atomic E-state index is 13.7. The summed E-state index contributed by atoms with van der Waals surface area (Å²) >= 11 is 0. The number of nitrogens with zero attached hydrogens (tertiary/aromatic N) is 3. The first-order chi connectivity index (χ1) is 13.5. The molecule has 4 rings (SSSR count). The third-order valence-electron chi connectivity index (χ3n) is 4.96. The first-order valence-corrected chi connectivity index (χ1v) is 8.67. The van der Waals surface area contributed by atoms with Crippen molar-refractivity contribution in [2.75, 3.05) is 18.1 Å². The first-order valence-electron chi connectivity index (χ1n) is 8.67. The van der Waals surface area contributed by atoms with Crippen molar-refractivity contribution in [3.05, 3.63) is 52.5 Å². The normalized spacial score (nSPS) is 19.9. The number of benzene rings is 1. The SMILES string of the molecule is CCOC(=O)CN1C(=O)[C@]2(C(C#N)=C(N)Oc3ccccc32)c2c1n[nH]c2C. The van der Waals surface area contributed by atoms with Crippen molar-refractivity contribution in [2.45, 2.75) is 19.3 Å². The van der Waals surface area contributed by atoms with Crippen molar-refractivity contribution in [1.82, 2.24) is 10.2 Å². The van der Waals surface area contributed by atoms with Gasteiger partial charge < -0.3 is 15.2 Å². The molecule has 9 nitrogen and oxygen atoms in total. The van der Waals surface area contributed by atoms with Gasteiger partial charge in [-0.2, -0.15) is 10.4 Å². The lowest BCUT2D eigenvalue weighted by Crippen LogP contribution is -2.47. The van der Waals surface area contributed by atoms with E-state index in [2.05, 4.69) is 10.2 Å². The lowest BCUT2D eigenvalue weighted by Gasteiger charge is -2.34. The van der Waals surface area contributed by atoms with Gasteiger partial charge in [-0.05, 0) is 19.9 Å². The van der Waals surface area contributed by atoms with Crippen LogP contribution in [0.1, 0.15) is 23.7 Å². The second kappa shape index (κ2) is 6.13. The number of aryl methyl sites for hydroxylation is 1. The molecular formula is C19H17N5O4. The molecule has 0 saturated heterocycles. The number of para-hydroxylation sites is 1. The fourth-order valence-electron chi connectivity index (χ4n) is 3.92. The first kappa shape index (κ1) is 17.6. The third kappa shape index (κ3) is 2.08. The van der Waals surface area contributed by atoms with Gasteiger partial charge in [0.15, 0.2) is 5.82 Å². The molecule has 1 atom stereocenters.